The Bertz CT molecular complexity index is 3360. The number of aliphatic carboxylic acids is 1. The van der Waals surface area contributed by atoms with Gasteiger partial charge in [0.2, 0.25) is 5.91 Å². The Labute approximate surface area is 728 Å². The number of nitrogens with zero attached hydrogens (tertiary/aromatic N) is 1. The first-order valence-electron chi connectivity index (χ1n) is 43.4. The van der Waals surface area contributed by atoms with Crippen molar-refractivity contribution >= 4 is 77.4 Å². The molecule has 125 heavy (non-hydrogen) atoms. The quantitative estimate of drug-likeness (QED) is 0.0258. The van der Waals surface area contributed by atoms with E-state index < -0.39 is 264 Å². The van der Waals surface area contributed by atoms with Crippen LogP contribution in [0.1, 0.15) is 250 Å². The summed E-state index contributed by atoms with van der Waals surface area (Å²) >= 11 is 0. The highest BCUT2D eigenvalue weighted by atomic mass is 16.8. The van der Waals surface area contributed by atoms with E-state index in [1.54, 1.807) is 0 Å². The fourth-order valence-corrected chi connectivity index (χ4v) is 15.3. The number of aliphatic hydroxyl groups excluding tert-OH is 6. The normalized spacial score (nSPS) is 29.9. The highest BCUT2D eigenvalue weighted by Crippen LogP contribution is 2.40. The van der Waals surface area contributed by atoms with E-state index in [-0.39, 0.29) is 24.5 Å². The second kappa shape index (κ2) is 56.2. The molecule has 0 bridgehead atoms. The van der Waals surface area contributed by atoms with Gasteiger partial charge in [-0.05, 0) is 45.4 Å². The van der Waals surface area contributed by atoms with Crippen molar-refractivity contribution in [1.82, 2.24) is 4.90 Å². The number of rotatable bonds is 55. The van der Waals surface area contributed by atoms with Gasteiger partial charge in [-0.25, -0.2) is 4.79 Å². The van der Waals surface area contributed by atoms with Gasteiger partial charge in [-0.1, -0.05) is 116 Å². The van der Waals surface area contributed by atoms with Gasteiger partial charge in [0.15, 0.2) is 68.1 Å². The van der Waals surface area contributed by atoms with E-state index in [1.807, 2.05) is 6.92 Å². The minimum Gasteiger partial charge on any atom is -0.480 e. The molecule has 0 aromatic rings. The van der Waals surface area contributed by atoms with Crippen molar-refractivity contribution in [2.24, 2.45) is 0 Å². The topological polar surface area (TPSA) is 551 Å². The maximum Gasteiger partial charge on any atom is 0.326 e. The zero-order chi connectivity index (χ0) is 92.7. The third-order valence-corrected chi connectivity index (χ3v) is 21.6. The number of amides is 1. The number of esters is 10. The van der Waals surface area contributed by atoms with E-state index >= 15 is 0 Å². The molecular weight excluding hydrogens is 1660 g/mol. The summed E-state index contributed by atoms with van der Waals surface area (Å²) in [5.41, 5.74) is 0. The third-order valence-electron chi connectivity index (χ3n) is 21.6. The van der Waals surface area contributed by atoms with Crippen LogP contribution in [-0.2, 0) is 157 Å². The molecule has 1 amide bonds. The summed E-state index contributed by atoms with van der Waals surface area (Å²) in [6, 6.07) is -0.840. The third kappa shape index (κ3) is 37.0. The molecule has 0 saturated carbocycles. The summed E-state index contributed by atoms with van der Waals surface area (Å²) in [5.74, 6) is -10.6. The van der Waals surface area contributed by atoms with E-state index in [2.05, 4.69) is 0 Å². The van der Waals surface area contributed by atoms with Crippen LogP contribution in [0.15, 0.2) is 0 Å². The maximum atomic E-state index is 13.2. The molecule has 716 valence electrons. The van der Waals surface area contributed by atoms with Crippen molar-refractivity contribution in [1.29, 1.82) is 0 Å². The number of ketones is 1. The standard InChI is InChI=1S/C84H135NO40/c1-14-15-37-59(58(110-49(6)90)38-33-29-25-22-24-28-32-36-56(97)35-31-27-23-20-18-16-17-19-21-26-30-34-39-64(99)85(13)45(2)79(104)105)117-80-67(102)66(101)70(61(119-80)42-106-46(3)87)123-82-76(125-84-78(116-55(12)96)75(114-53(10)94)72(112-51(8)92)63(121-84)44-108-48(5)89)69(57(98)41-109-82)122-81-68(103)73(65(100)60(40-86)118-81)124-83-77(115-54(11)95)74(113-52(9)93)71(111-50(7)91)62(120-83)43-107-47(4)88/h45,57-63,65-78,80-84,86,98,100-103H,14-44H2,1-13H3,(H,104,105)/t45?,57-,58+,59+,60-,61+,62-,63+,65+,66+,67+,68-,69+,70+,71-,72+,73+,74+,75-,76-,77-,78+,80+,81+,82+,83+,84-/m1/s1. The highest BCUT2D eigenvalue weighted by Gasteiger charge is 2.60. The number of hydrogen-bond acceptors (Lipinski definition) is 39. The molecule has 5 heterocycles. The number of carboxylic acids is 1. The Hall–Kier alpha value is -7.33. The number of ether oxygens (including phenoxy) is 20. The molecule has 41 nitrogen and oxygen atoms in total. The predicted octanol–water partition coefficient (Wildman–Crippen LogP) is 3.84. The van der Waals surface area contributed by atoms with Gasteiger partial charge >= 0.3 is 65.7 Å². The molecule has 5 saturated heterocycles. The number of aliphatic hydroxyl groups is 6. The van der Waals surface area contributed by atoms with Crippen LogP contribution >= 0.6 is 0 Å². The van der Waals surface area contributed by atoms with Gasteiger partial charge < -0.3 is 135 Å². The summed E-state index contributed by atoms with van der Waals surface area (Å²) in [6.07, 6.45) is -29.0. The maximum absolute atomic E-state index is 13.2. The molecule has 0 aromatic carbocycles. The average molecular weight is 1800 g/mol. The lowest BCUT2D eigenvalue weighted by Crippen LogP contribution is -2.68. The van der Waals surface area contributed by atoms with Crippen LogP contribution in [0, 0.1) is 0 Å². The fraction of sp³-hybridized carbons (Fsp3) is 0.845. The molecule has 5 fully saturated rings. The minimum absolute atomic E-state index is 0.149. The molecule has 27 atom stereocenters. The van der Waals surface area contributed by atoms with Crippen LogP contribution in [0.4, 0.5) is 0 Å². The van der Waals surface area contributed by atoms with Crippen LogP contribution in [-0.4, -0.2) is 324 Å². The van der Waals surface area contributed by atoms with Crippen molar-refractivity contribution in [2.45, 2.75) is 416 Å². The van der Waals surface area contributed by atoms with Crippen LogP contribution in [0.3, 0.4) is 0 Å². The molecule has 7 N–H and O–H groups in total. The molecule has 41 heteroatoms. The van der Waals surface area contributed by atoms with Crippen LogP contribution in [0.2, 0.25) is 0 Å². The van der Waals surface area contributed by atoms with E-state index in [1.165, 1.54) is 25.8 Å². The molecule has 0 radical (unpaired) electrons. The Morgan fingerprint density at radius 2 is 0.728 bits per heavy atom. The Balaban J connectivity index is 1.36. The van der Waals surface area contributed by atoms with Crippen LogP contribution in [0.5, 0.6) is 0 Å². The molecule has 1 unspecified atom stereocenters. The van der Waals surface area contributed by atoms with Gasteiger partial charge in [0.25, 0.3) is 0 Å². The van der Waals surface area contributed by atoms with Crippen molar-refractivity contribution in [3.05, 3.63) is 0 Å². The number of hydrogen-bond donors (Lipinski definition) is 7. The van der Waals surface area contributed by atoms with Gasteiger partial charge in [0, 0.05) is 95.5 Å². The molecule has 0 aliphatic carbocycles. The molecule has 0 aromatic heterocycles. The largest absolute Gasteiger partial charge is 0.480 e. The van der Waals surface area contributed by atoms with Crippen molar-refractivity contribution in [3.8, 4) is 0 Å². The molecule has 0 spiro atoms. The molecule has 5 aliphatic heterocycles. The van der Waals surface area contributed by atoms with Gasteiger partial charge in [0.1, 0.15) is 117 Å². The summed E-state index contributed by atoms with van der Waals surface area (Å²) in [6.45, 7) is 8.99. The predicted molar refractivity (Wildman–Crippen MR) is 425 cm³/mol. The lowest BCUT2D eigenvalue weighted by molar-refractivity contribution is -0.402. The average Bonchev–Trinajstić information content (AvgIpc) is 0.753. The van der Waals surface area contributed by atoms with E-state index in [4.69, 9.17) is 99.8 Å². The summed E-state index contributed by atoms with van der Waals surface area (Å²) in [4.78, 5) is 165. The van der Waals surface area contributed by atoms with E-state index in [0.29, 0.717) is 38.5 Å². The van der Waals surface area contributed by atoms with Gasteiger partial charge in [0.05, 0.1) is 19.3 Å². The monoisotopic (exact) mass is 1800 g/mol. The smallest absolute Gasteiger partial charge is 0.326 e. The lowest BCUT2D eigenvalue weighted by atomic mass is 9.95. The second-order valence-electron chi connectivity index (χ2n) is 32.1. The van der Waals surface area contributed by atoms with E-state index in [0.717, 1.165) is 178 Å². The van der Waals surface area contributed by atoms with E-state index in [9.17, 15) is 93.0 Å². The minimum atomic E-state index is -2.40. The van der Waals surface area contributed by atoms with Gasteiger partial charge in [-0.2, -0.15) is 0 Å². The summed E-state index contributed by atoms with van der Waals surface area (Å²) < 4.78 is 119. The van der Waals surface area contributed by atoms with Gasteiger partial charge in [-0.3, -0.25) is 57.5 Å². The Morgan fingerprint density at radius 1 is 0.360 bits per heavy atom. The lowest BCUT2D eigenvalue weighted by Gasteiger charge is -2.50. The number of unbranched alkanes of at least 4 members (excludes halogenated alkanes) is 18. The first kappa shape index (κ1) is 108. The zero-order valence-electron chi connectivity index (χ0n) is 74.1. The first-order valence-corrected chi connectivity index (χ1v) is 43.4. The van der Waals surface area contributed by atoms with Crippen LogP contribution in [0.25, 0.3) is 0 Å². The Kier molecular flexibility index (Phi) is 48.6. The summed E-state index contributed by atoms with van der Waals surface area (Å²) in [7, 11) is 1.52. The number of Topliss-reactive ketones (excluding diaryl/α,β-unsaturated/α-hetero) is 1. The summed E-state index contributed by atoms with van der Waals surface area (Å²) in [5, 5.41) is 81.5. The molecular formula is C84H135NO40. The SMILES string of the molecule is CCCC[C@H](O[C@H]1O[C@@H](COC(C)=O)[C@H](O[C@@H]2OC[C@@H](O)[C@H](O[C@@H]3O[C@H](CO)[C@H](O)[C@H](O[C@@H]4O[C@H](COC(C)=O)[C@@H](OC(C)=O)[C@H](OC(C)=O)[C@H]4OC(C)=O)[C@H]3O)[C@H]2O[C@H]2O[C@@H](COC(C)=O)[C@H](OC(C)=O)[C@@H](OC(C)=O)[C@@H]2OC(C)=O)[C@@H](O)[C@@H]1O)[C@H](CCCCCCCCCC(=O)CCCCCCCCCCCCCCC(=O)N(C)C(C)C(=O)O)OC(C)=O. The number of carbonyl (C=O) groups excluding carboxylic acids is 12. The Morgan fingerprint density at radius 3 is 1.14 bits per heavy atom. The van der Waals surface area contributed by atoms with Crippen molar-refractivity contribution < 1.29 is 193 Å². The molecule has 5 aliphatic rings. The zero-order valence-corrected chi connectivity index (χ0v) is 74.1. The molecule has 5 rings (SSSR count). The highest BCUT2D eigenvalue weighted by molar-refractivity contribution is 5.83. The van der Waals surface area contributed by atoms with Gasteiger partial charge in [-0.15, -0.1) is 0 Å². The number of carbonyl (C=O) groups is 13. The number of likely N-dealkylation sites (N-methyl/N-ethyl adjacent to an activating group) is 1. The van der Waals surface area contributed by atoms with Crippen molar-refractivity contribution in [3.63, 3.8) is 0 Å². The first-order chi connectivity index (χ1) is 59.3. The fourth-order valence-electron chi connectivity index (χ4n) is 15.3. The van der Waals surface area contributed by atoms with Crippen molar-refractivity contribution in [2.75, 3.05) is 40.1 Å². The number of carboxylic acid groups (broad SMARTS) is 1. The second-order valence-corrected chi connectivity index (χ2v) is 32.1. The van der Waals surface area contributed by atoms with Crippen LogP contribution < -0.4 is 0 Å².